The van der Waals surface area contributed by atoms with Crippen molar-refractivity contribution in [2.75, 3.05) is 13.1 Å². The van der Waals surface area contributed by atoms with E-state index in [1.807, 2.05) is 34.9 Å². The number of thiophene rings is 1. The predicted molar refractivity (Wildman–Crippen MR) is 82.4 cm³/mol. The van der Waals surface area contributed by atoms with E-state index in [2.05, 4.69) is 10.2 Å². The molecule has 112 valence electrons. The highest BCUT2D eigenvalue weighted by molar-refractivity contribution is 7.12. The van der Waals surface area contributed by atoms with Gasteiger partial charge in [-0.05, 0) is 42.7 Å². The minimum Gasteiger partial charge on any atom is -0.338 e. The number of carbonyl (C=O) groups is 1. The predicted octanol–water partition coefficient (Wildman–Crippen LogP) is 2.28. The number of carbonyl (C=O) groups excluding carboxylic acids is 1. The molecule has 1 fully saturated rings. The minimum atomic E-state index is 0.194. The second-order valence-electron chi connectivity index (χ2n) is 5.73. The Bertz CT molecular complexity index is 625. The van der Waals surface area contributed by atoms with Crippen LogP contribution in [0.3, 0.4) is 0 Å². The summed E-state index contributed by atoms with van der Waals surface area (Å²) in [5.74, 6) is 1.83. The topological polar surface area (TPSA) is 51.0 Å². The van der Waals surface area contributed by atoms with Gasteiger partial charge in [0, 0.05) is 26.6 Å². The first-order chi connectivity index (χ1) is 10.1. The first kappa shape index (κ1) is 14.3. The van der Waals surface area contributed by atoms with Gasteiger partial charge in [-0.25, -0.2) is 0 Å². The van der Waals surface area contributed by atoms with Crippen molar-refractivity contribution >= 4 is 17.2 Å². The summed E-state index contributed by atoms with van der Waals surface area (Å²) < 4.78 is 1.98. The Morgan fingerprint density at radius 3 is 2.76 bits per heavy atom. The maximum Gasteiger partial charge on any atom is 0.264 e. The van der Waals surface area contributed by atoms with E-state index in [0.717, 1.165) is 48.6 Å². The molecule has 0 atom stereocenters. The molecule has 0 bridgehead atoms. The molecule has 1 aliphatic rings. The van der Waals surface area contributed by atoms with Crippen molar-refractivity contribution < 1.29 is 4.79 Å². The van der Waals surface area contributed by atoms with Crippen LogP contribution in [0.5, 0.6) is 0 Å². The van der Waals surface area contributed by atoms with Crippen molar-refractivity contribution in [3.63, 3.8) is 0 Å². The van der Waals surface area contributed by atoms with E-state index in [4.69, 9.17) is 0 Å². The molecular formula is C15H20N4OS. The molecule has 1 aliphatic heterocycles. The molecule has 1 amide bonds. The van der Waals surface area contributed by atoms with E-state index in [-0.39, 0.29) is 5.91 Å². The Hall–Kier alpha value is -1.69. The summed E-state index contributed by atoms with van der Waals surface area (Å²) in [6, 6.07) is 2.01. The van der Waals surface area contributed by atoms with Crippen LogP contribution >= 0.6 is 11.3 Å². The Balaban J connectivity index is 1.57. The van der Waals surface area contributed by atoms with Gasteiger partial charge in [0.15, 0.2) is 0 Å². The van der Waals surface area contributed by atoms with E-state index in [1.54, 1.807) is 17.7 Å². The Labute approximate surface area is 128 Å². The van der Waals surface area contributed by atoms with Crippen LogP contribution in [0.15, 0.2) is 17.8 Å². The standard InChI is InChI=1S/C15H20N4OS/c1-11-5-8-21-14(11)15(20)19-6-3-12(4-7-19)9-13-17-16-10-18(13)2/h5,8,10,12H,3-4,6-7,9H2,1-2H3. The van der Waals surface area contributed by atoms with E-state index >= 15 is 0 Å². The van der Waals surface area contributed by atoms with Crippen molar-refractivity contribution in [2.45, 2.75) is 26.2 Å². The number of nitrogens with zero attached hydrogens (tertiary/aromatic N) is 4. The van der Waals surface area contributed by atoms with Crippen LogP contribution in [0.2, 0.25) is 0 Å². The monoisotopic (exact) mass is 304 g/mol. The quantitative estimate of drug-likeness (QED) is 0.874. The van der Waals surface area contributed by atoms with Gasteiger partial charge in [-0.15, -0.1) is 21.5 Å². The van der Waals surface area contributed by atoms with Gasteiger partial charge in [0.05, 0.1) is 4.88 Å². The number of hydrogen-bond donors (Lipinski definition) is 0. The lowest BCUT2D eigenvalue weighted by Crippen LogP contribution is -2.39. The smallest absolute Gasteiger partial charge is 0.264 e. The highest BCUT2D eigenvalue weighted by Crippen LogP contribution is 2.24. The fourth-order valence-corrected chi connectivity index (χ4v) is 3.72. The van der Waals surface area contributed by atoms with Gasteiger partial charge in [-0.1, -0.05) is 0 Å². The maximum absolute atomic E-state index is 12.5. The van der Waals surface area contributed by atoms with Gasteiger partial charge in [0.1, 0.15) is 12.2 Å². The number of aryl methyl sites for hydroxylation is 2. The zero-order valence-corrected chi connectivity index (χ0v) is 13.3. The summed E-state index contributed by atoms with van der Waals surface area (Å²) in [5, 5.41) is 10.1. The van der Waals surface area contributed by atoms with Crippen LogP contribution in [0.25, 0.3) is 0 Å². The largest absolute Gasteiger partial charge is 0.338 e. The highest BCUT2D eigenvalue weighted by Gasteiger charge is 2.25. The first-order valence-corrected chi connectivity index (χ1v) is 8.19. The van der Waals surface area contributed by atoms with E-state index < -0.39 is 0 Å². The zero-order valence-electron chi connectivity index (χ0n) is 12.5. The molecule has 21 heavy (non-hydrogen) atoms. The number of rotatable bonds is 3. The SMILES string of the molecule is Cc1ccsc1C(=O)N1CCC(Cc2nncn2C)CC1. The number of likely N-dealkylation sites (tertiary alicyclic amines) is 1. The van der Waals surface area contributed by atoms with E-state index in [9.17, 15) is 4.79 Å². The van der Waals surface area contributed by atoms with Crippen molar-refractivity contribution in [1.82, 2.24) is 19.7 Å². The molecule has 0 aliphatic carbocycles. The van der Waals surface area contributed by atoms with E-state index in [1.165, 1.54) is 0 Å². The lowest BCUT2D eigenvalue weighted by atomic mass is 9.93. The maximum atomic E-state index is 12.5. The number of aromatic nitrogens is 3. The fourth-order valence-electron chi connectivity index (χ4n) is 2.83. The Morgan fingerprint density at radius 2 is 2.19 bits per heavy atom. The molecule has 2 aromatic heterocycles. The van der Waals surface area contributed by atoms with Crippen LogP contribution in [0.4, 0.5) is 0 Å². The molecule has 0 aromatic carbocycles. The van der Waals surface area contributed by atoms with Crippen molar-refractivity contribution in [1.29, 1.82) is 0 Å². The Morgan fingerprint density at radius 1 is 1.43 bits per heavy atom. The summed E-state index contributed by atoms with van der Waals surface area (Å²) in [5.41, 5.74) is 1.09. The molecule has 0 N–H and O–H groups in total. The first-order valence-electron chi connectivity index (χ1n) is 7.31. The molecule has 3 rings (SSSR count). The highest BCUT2D eigenvalue weighted by atomic mass is 32.1. The molecular weight excluding hydrogens is 284 g/mol. The third kappa shape index (κ3) is 3.00. The summed E-state index contributed by atoms with van der Waals surface area (Å²) in [6.07, 6.45) is 4.79. The summed E-state index contributed by atoms with van der Waals surface area (Å²) in [6.45, 7) is 3.70. The number of piperidine rings is 1. The summed E-state index contributed by atoms with van der Waals surface area (Å²) in [4.78, 5) is 15.4. The van der Waals surface area contributed by atoms with Gasteiger partial charge < -0.3 is 9.47 Å². The van der Waals surface area contributed by atoms with Gasteiger partial charge in [0.2, 0.25) is 0 Å². The van der Waals surface area contributed by atoms with Gasteiger partial charge in [0.25, 0.3) is 5.91 Å². The van der Waals surface area contributed by atoms with Crippen molar-refractivity contribution in [2.24, 2.45) is 13.0 Å². The van der Waals surface area contributed by atoms with E-state index in [0.29, 0.717) is 5.92 Å². The van der Waals surface area contributed by atoms with Gasteiger partial charge >= 0.3 is 0 Å². The van der Waals surface area contributed by atoms with Crippen LogP contribution in [0.1, 0.15) is 33.9 Å². The fraction of sp³-hybridized carbons (Fsp3) is 0.533. The molecule has 0 saturated carbocycles. The molecule has 0 spiro atoms. The second kappa shape index (κ2) is 5.97. The third-order valence-corrected chi connectivity index (χ3v) is 5.24. The molecule has 5 nitrogen and oxygen atoms in total. The lowest BCUT2D eigenvalue weighted by molar-refractivity contribution is 0.0694. The summed E-state index contributed by atoms with van der Waals surface area (Å²) in [7, 11) is 1.98. The molecule has 3 heterocycles. The van der Waals surface area contributed by atoms with Crippen molar-refractivity contribution in [3.05, 3.63) is 34.0 Å². The third-order valence-electron chi connectivity index (χ3n) is 4.23. The molecule has 1 saturated heterocycles. The zero-order chi connectivity index (χ0) is 14.8. The van der Waals surface area contributed by atoms with Crippen LogP contribution in [-0.4, -0.2) is 38.7 Å². The number of hydrogen-bond acceptors (Lipinski definition) is 4. The molecule has 6 heteroatoms. The molecule has 0 radical (unpaired) electrons. The summed E-state index contributed by atoms with van der Waals surface area (Å²) >= 11 is 1.55. The van der Waals surface area contributed by atoms with Crippen LogP contribution in [0, 0.1) is 12.8 Å². The lowest BCUT2D eigenvalue weighted by Gasteiger charge is -2.31. The average Bonchev–Trinajstić information content (AvgIpc) is 3.08. The van der Waals surface area contributed by atoms with Crippen LogP contribution in [-0.2, 0) is 13.5 Å². The average molecular weight is 304 g/mol. The van der Waals surface area contributed by atoms with Gasteiger partial charge in [-0.3, -0.25) is 4.79 Å². The normalized spacial score (nSPS) is 16.4. The molecule has 2 aromatic rings. The minimum absolute atomic E-state index is 0.194. The molecule has 0 unspecified atom stereocenters. The second-order valence-corrected chi connectivity index (χ2v) is 6.65. The van der Waals surface area contributed by atoms with Crippen LogP contribution < -0.4 is 0 Å². The Kier molecular flexibility index (Phi) is 4.05. The van der Waals surface area contributed by atoms with Crippen molar-refractivity contribution in [3.8, 4) is 0 Å². The van der Waals surface area contributed by atoms with Gasteiger partial charge in [-0.2, -0.15) is 0 Å². The number of amides is 1.